The second kappa shape index (κ2) is 13.6. The molecular formula is C29H34O18. The molecule has 5 rings (SSSR count). The monoisotopic (exact) mass is 670 g/mol. The summed E-state index contributed by atoms with van der Waals surface area (Å²) in [5, 5.41) is 102. The average Bonchev–Trinajstić information content (AvgIpc) is 3.06. The molecule has 0 spiro atoms. The number of methoxy groups -OCH3 is 2. The molecule has 18 heteroatoms. The molecule has 2 fully saturated rings. The third-order valence-corrected chi connectivity index (χ3v) is 7.84. The smallest absolute Gasteiger partial charge is 0.239 e. The van der Waals surface area contributed by atoms with Crippen LogP contribution in [0.3, 0.4) is 0 Å². The number of aromatic hydroxyl groups is 2. The third kappa shape index (κ3) is 6.11. The molecule has 2 aromatic carbocycles. The van der Waals surface area contributed by atoms with Crippen molar-refractivity contribution in [2.75, 3.05) is 27.4 Å². The Bertz CT molecular complexity index is 1640. The number of aliphatic hydroxyl groups is 8. The van der Waals surface area contributed by atoms with Gasteiger partial charge in [-0.15, -0.1) is 0 Å². The SMILES string of the molecule is COc1cc(-c2oc3c(OC)c(O[C@@H]4OC(CO)[C@@H](O)[C@H](O)C4O)cc(O)c3c(=O)c2O[C@@H]2OC(CO)[C@@H](O)C(O)C2O)ccc1O. The summed E-state index contributed by atoms with van der Waals surface area (Å²) < 4.78 is 38.8. The fraction of sp³-hybridized carbons (Fsp3) is 0.483. The summed E-state index contributed by atoms with van der Waals surface area (Å²) in [6.07, 6.45) is -17.2. The Labute approximate surface area is 264 Å². The van der Waals surface area contributed by atoms with Crippen molar-refractivity contribution >= 4 is 11.0 Å². The first-order chi connectivity index (χ1) is 22.4. The van der Waals surface area contributed by atoms with Crippen molar-refractivity contribution in [2.24, 2.45) is 0 Å². The van der Waals surface area contributed by atoms with Crippen LogP contribution in [0.2, 0.25) is 0 Å². The fourth-order valence-corrected chi connectivity index (χ4v) is 5.25. The third-order valence-electron chi connectivity index (χ3n) is 7.84. The zero-order valence-corrected chi connectivity index (χ0v) is 24.7. The van der Waals surface area contributed by atoms with Crippen molar-refractivity contribution in [1.82, 2.24) is 0 Å². The number of hydrogen-bond acceptors (Lipinski definition) is 18. The van der Waals surface area contributed by atoms with E-state index in [1.54, 1.807) is 0 Å². The van der Waals surface area contributed by atoms with E-state index < -0.39 is 108 Å². The quantitative estimate of drug-likeness (QED) is 0.110. The highest BCUT2D eigenvalue weighted by atomic mass is 16.7. The van der Waals surface area contributed by atoms with Crippen LogP contribution in [0.5, 0.6) is 34.5 Å². The lowest BCUT2D eigenvalue weighted by Gasteiger charge is -2.39. The molecule has 0 bridgehead atoms. The van der Waals surface area contributed by atoms with Gasteiger partial charge in [-0.2, -0.15) is 0 Å². The predicted molar refractivity (Wildman–Crippen MR) is 153 cm³/mol. The zero-order chi connectivity index (χ0) is 34.3. The normalized spacial score (nSPS) is 31.0. The van der Waals surface area contributed by atoms with Gasteiger partial charge in [0, 0.05) is 11.6 Å². The Hall–Kier alpha value is -3.95. The van der Waals surface area contributed by atoms with E-state index in [4.69, 9.17) is 32.8 Å². The van der Waals surface area contributed by atoms with Crippen molar-refractivity contribution in [3.8, 4) is 45.8 Å². The lowest BCUT2D eigenvalue weighted by Crippen LogP contribution is -2.60. The standard InChI is InChI=1S/C29H34O18/c1-41-12-5-9(3-4-10(12)32)24-27(47-29-23(40)21(38)18(35)15(8-31)45-29)19(36)16-11(33)6-13(25(42-2)26(16)46-24)43-28-22(39)20(37)17(34)14(7-30)44-28/h3-6,14-15,17-18,20-23,28-35,37-40H,7-8H2,1-2H3/t14?,15?,17-,18-,20+,21?,22?,23?,28-,29+/m1/s1. The Balaban J connectivity index is 1.68. The van der Waals surface area contributed by atoms with Crippen molar-refractivity contribution in [1.29, 1.82) is 0 Å². The highest BCUT2D eigenvalue weighted by Crippen LogP contribution is 2.45. The first kappa shape index (κ1) is 34.4. The van der Waals surface area contributed by atoms with Crippen LogP contribution in [-0.2, 0) is 9.47 Å². The number of ether oxygens (including phenoxy) is 6. The Kier molecular flexibility index (Phi) is 9.99. The molecule has 0 saturated carbocycles. The van der Waals surface area contributed by atoms with Crippen LogP contribution < -0.4 is 24.4 Å². The van der Waals surface area contributed by atoms with Gasteiger partial charge in [-0.1, -0.05) is 0 Å². The van der Waals surface area contributed by atoms with E-state index in [1.165, 1.54) is 25.3 Å². The van der Waals surface area contributed by atoms with Crippen LogP contribution in [0.15, 0.2) is 33.5 Å². The Morgan fingerprint density at radius 3 is 1.79 bits per heavy atom. The number of rotatable bonds is 9. The maximum Gasteiger partial charge on any atom is 0.239 e. The van der Waals surface area contributed by atoms with E-state index in [9.17, 15) is 55.9 Å². The number of phenols is 2. The van der Waals surface area contributed by atoms with Crippen LogP contribution in [0.25, 0.3) is 22.3 Å². The molecule has 0 radical (unpaired) electrons. The summed E-state index contributed by atoms with van der Waals surface area (Å²) in [5.74, 6) is -3.00. The zero-order valence-electron chi connectivity index (χ0n) is 24.7. The Morgan fingerprint density at radius 2 is 1.26 bits per heavy atom. The highest BCUT2D eigenvalue weighted by Gasteiger charge is 2.47. The molecule has 2 aliphatic heterocycles. The molecule has 2 aliphatic rings. The van der Waals surface area contributed by atoms with E-state index >= 15 is 0 Å². The van der Waals surface area contributed by atoms with Crippen LogP contribution in [0, 0.1) is 0 Å². The van der Waals surface area contributed by atoms with Crippen LogP contribution in [-0.4, -0.2) is 140 Å². The van der Waals surface area contributed by atoms with Gasteiger partial charge in [-0.3, -0.25) is 4.79 Å². The minimum atomic E-state index is -1.94. The number of fused-ring (bicyclic) bond motifs is 1. The molecule has 2 saturated heterocycles. The van der Waals surface area contributed by atoms with Crippen molar-refractivity contribution < 1.29 is 83.9 Å². The topological polar surface area (TPSA) is 288 Å². The van der Waals surface area contributed by atoms with E-state index in [0.29, 0.717) is 0 Å². The second-order valence-corrected chi connectivity index (χ2v) is 10.7. The molecule has 0 amide bonds. The molecule has 3 aromatic rings. The molecular weight excluding hydrogens is 636 g/mol. The minimum absolute atomic E-state index is 0.0278. The summed E-state index contributed by atoms with van der Waals surface area (Å²) >= 11 is 0. The maximum absolute atomic E-state index is 14.1. The Morgan fingerprint density at radius 1 is 0.681 bits per heavy atom. The first-order valence-corrected chi connectivity index (χ1v) is 14.1. The van der Waals surface area contributed by atoms with Gasteiger partial charge < -0.3 is 83.9 Å². The predicted octanol–water partition coefficient (Wildman–Crippen LogP) is -2.75. The lowest BCUT2D eigenvalue weighted by molar-refractivity contribution is -0.277. The molecule has 10 N–H and O–H groups in total. The fourth-order valence-electron chi connectivity index (χ4n) is 5.25. The summed E-state index contributed by atoms with van der Waals surface area (Å²) in [4.78, 5) is 14.1. The molecule has 0 aliphatic carbocycles. The summed E-state index contributed by atoms with van der Waals surface area (Å²) in [7, 11) is 2.40. The van der Waals surface area contributed by atoms with E-state index in [2.05, 4.69) is 0 Å². The largest absolute Gasteiger partial charge is 0.507 e. The molecule has 5 unspecified atom stereocenters. The van der Waals surface area contributed by atoms with Gasteiger partial charge in [0.1, 0.15) is 60.0 Å². The van der Waals surface area contributed by atoms with Crippen molar-refractivity contribution in [2.45, 2.75) is 61.4 Å². The van der Waals surface area contributed by atoms with Gasteiger partial charge in [0.25, 0.3) is 0 Å². The lowest BCUT2D eigenvalue weighted by atomic mass is 9.99. The number of phenolic OH excluding ortho intramolecular Hbond substituents is 2. The summed E-state index contributed by atoms with van der Waals surface area (Å²) in [5.41, 5.74) is -1.51. The highest BCUT2D eigenvalue weighted by molar-refractivity contribution is 5.93. The summed E-state index contributed by atoms with van der Waals surface area (Å²) in [6.45, 7) is -1.55. The maximum atomic E-state index is 14.1. The summed E-state index contributed by atoms with van der Waals surface area (Å²) in [6, 6.07) is 4.63. The first-order valence-electron chi connectivity index (χ1n) is 14.1. The van der Waals surface area contributed by atoms with Gasteiger partial charge in [-0.05, 0) is 18.2 Å². The van der Waals surface area contributed by atoms with Gasteiger partial charge in [0.15, 0.2) is 28.6 Å². The van der Waals surface area contributed by atoms with Crippen molar-refractivity contribution in [3.63, 3.8) is 0 Å². The molecule has 18 nitrogen and oxygen atoms in total. The minimum Gasteiger partial charge on any atom is -0.507 e. The number of benzene rings is 2. The molecule has 10 atom stereocenters. The molecule has 3 heterocycles. The van der Waals surface area contributed by atoms with Crippen LogP contribution in [0.4, 0.5) is 0 Å². The van der Waals surface area contributed by atoms with Gasteiger partial charge in [-0.25, -0.2) is 0 Å². The molecule has 47 heavy (non-hydrogen) atoms. The van der Waals surface area contributed by atoms with Gasteiger partial charge in [0.2, 0.25) is 29.5 Å². The molecule has 258 valence electrons. The van der Waals surface area contributed by atoms with Gasteiger partial charge in [0.05, 0.1) is 27.4 Å². The molecule has 1 aromatic heterocycles. The van der Waals surface area contributed by atoms with Crippen molar-refractivity contribution in [3.05, 3.63) is 34.5 Å². The average molecular weight is 671 g/mol. The number of aliphatic hydroxyl groups excluding tert-OH is 8. The number of hydrogen-bond donors (Lipinski definition) is 10. The van der Waals surface area contributed by atoms with Gasteiger partial charge >= 0.3 is 0 Å². The second-order valence-electron chi connectivity index (χ2n) is 10.7. The van der Waals surface area contributed by atoms with E-state index in [0.717, 1.165) is 13.2 Å². The van der Waals surface area contributed by atoms with Crippen LogP contribution in [0.1, 0.15) is 0 Å². The van der Waals surface area contributed by atoms with E-state index in [1.807, 2.05) is 0 Å². The van der Waals surface area contributed by atoms with E-state index in [-0.39, 0.29) is 28.6 Å². The van der Waals surface area contributed by atoms with Crippen LogP contribution >= 0.6 is 0 Å².